The first-order valence-electron chi connectivity index (χ1n) is 19.3. The molecule has 5 aliphatic heterocycles. The number of nitrogens with one attached hydrogen (secondary N) is 8. The molecule has 8 bridgehead atoms. The molecule has 9 aliphatic rings. The minimum Gasteiger partial charge on any atom is -0.748 e. The van der Waals surface area contributed by atoms with Crippen LogP contribution in [0.2, 0.25) is 0 Å². The summed E-state index contributed by atoms with van der Waals surface area (Å²) < 4.78 is 77.0. The van der Waals surface area contributed by atoms with Crippen LogP contribution in [-0.2, 0) is 37.0 Å². The smallest absolute Gasteiger partial charge is 0.748 e. The Kier molecular flexibility index (Phi) is 11.4. The van der Waals surface area contributed by atoms with Crippen molar-refractivity contribution in [1.29, 1.82) is 0 Å². The predicted molar refractivity (Wildman–Crippen MR) is 188 cm³/mol. The number of hydrogen-bond acceptors (Lipinski definition) is 16. The quantitative estimate of drug-likeness (QED) is 0.107. The molecule has 22 unspecified atom stereocenters. The van der Waals surface area contributed by atoms with E-state index in [0.29, 0.717) is 11.8 Å². The third-order valence-electron chi connectivity index (χ3n) is 14.8. The van der Waals surface area contributed by atoms with Gasteiger partial charge in [0.05, 0.1) is 92.9 Å². The monoisotopic (exact) mass is 869 g/mol. The van der Waals surface area contributed by atoms with Crippen molar-refractivity contribution in [3.63, 3.8) is 0 Å². The van der Waals surface area contributed by atoms with Gasteiger partial charge < -0.3 is 19.3 Å². The summed E-state index contributed by atoms with van der Waals surface area (Å²) in [5.74, 6) is -1.46. The molecule has 22 atom stereocenters. The zero-order chi connectivity index (χ0) is 36.4. The first kappa shape index (κ1) is 40.3. The Morgan fingerprint density at radius 2 is 0.811 bits per heavy atom. The maximum atomic E-state index is 13.1. The number of fused-ring (bicyclic) bond motifs is 20. The topological polar surface area (TPSA) is 251 Å². The Hall–Kier alpha value is 0.506. The zero-order valence-electron chi connectivity index (χ0n) is 29.0. The summed E-state index contributed by atoms with van der Waals surface area (Å²) in [6.07, 6.45) is 2.95. The molecule has 9 fully saturated rings. The molecule has 303 valence electrons. The SMILES string of the molecule is O=S(=O)([O-])C1C(O)C(O)C2C3NC4NC(NC5NC(NC6NC(NC(N3)C2C1S(=O)(=O)[O-])C1CCCCC61)C1CCCCC51)C1CCC(Cl)C(Cl)C41.[Co+2]. The summed E-state index contributed by atoms with van der Waals surface area (Å²) >= 11 is 13.9. The maximum Gasteiger partial charge on any atom is 2.00 e. The number of halogens is 2. The van der Waals surface area contributed by atoms with Crippen molar-refractivity contribution in [2.75, 3.05) is 0 Å². The van der Waals surface area contributed by atoms with Gasteiger partial charge in [-0.1, -0.05) is 25.7 Å². The van der Waals surface area contributed by atoms with Gasteiger partial charge in [-0.3, -0.25) is 42.5 Å². The summed E-state index contributed by atoms with van der Waals surface area (Å²) in [5, 5.41) is 47.0. The van der Waals surface area contributed by atoms with Gasteiger partial charge >= 0.3 is 16.8 Å². The van der Waals surface area contributed by atoms with E-state index in [9.17, 15) is 36.2 Å². The van der Waals surface area contributed by atoms with Crippen molar-refractivity contribution in [3.05, 3.63) is 0 Å². The van der Waals surface area contributed by atoms with E-state index in [1.165, 1.54) is 12.8 Å². The molecule has 4 aliphatic carbocycles. The second-order valence-corrected chi connectivity index (χ2v) is 21.3. The second kappa shape index (κ2) is 15.0. The van der Waals surface area contributed by atoms with Crippen LogP contribution in [0.25, 0.3) is 0 Å². The fourth-order valence-electron chi connectivity index (χ4n) is 12.7. The van der Waals surface area contributed by atoms with Crippen LogP contribution >= 0.6 is 23.2 Å². The Bertz CT molecular complexity index is 1600. The number of aliphatic hydroxyl groups is 2. The van der Waals surface area contributed by atoms with Crippen molar-refractivity contribution in [2.45, 2.75) is 147 Å². The Morgan fingerprint density at radius 1 is 0.453 bits per heavy atom. The average Bonchev–Trinajstić information content (AvgIpc) is 3.82. The van der Waals surface area contributed by atoms with Crippen molar-refractivity contribution in [1.82, 2.24) is 42.5 Å². The largest absolute Gasteiger partial charge is 2.00 e. The van der Waals surface area contributed by atoms with Gasteiger partial charge in [-0.2, -0.15) is 0 Å². The van der Waals surface area contributed by atoms with Crippen LogP contribution in [0.15, 0.2) is 0 Å². The number of alkyl halides is 2. The van der Waals surface area contributed by atoms with E-state index >= 15 is 0 Å². The Morgan fingerprint density at radius 3 is 1.25 bits per heavy atom. The molecule has 21 heteroatoms. The van der Waals surface area contributed by atoms with E-state index in [1.807, 2.05) is 0 Å². The summed E-state index contributed by atoms with van der Waals surface area (Å²) in [4.78, 5) is 0. The number of rotatable bonds is 2. The van der Waals surface area contributed by atoms with Crippen LogP contribution in [0.1, 0.15) is 64.2 Å². The van der Waals surface area contributed by atoms with Gasteiger partial charge in [-0.25, -0.2) is 16.8 Å². The van der Waals surface area contributed by atoms with Crippen molar-refractivity contribution >= 4 is 43.4 Å². The van der Waals surface area contributed by atoms with Crippen LogP contribution in [0, 0.1) is 47.3 Å². The van der Waals surface area contributed by atoms with Crippen molar-refractivity contribution < 1.29 is 52.9 Å². The molecule has 0 aromatic carbocycles. The zero-order valence-corrected chi connectivity index (χ0v) is 33.2. The first-order valence-corrected chi connectivity index (χ1v) is 23.1. The first-order chi connectivity index (χ1) is 24.7. The molecule has 0 aromatic heterocycles. The molecule has 0 spiro atoms. The second-order valence-electron chi connectivity index (χ2n) is 17.2. The fourth-order valence-corrected chi connectivity index (χ4v) is 16.5. The molecular weight excluding hydrogens is 818 g/mol. The number of hydrogen-bond donors (Lipinski definition) is 10. The van der Waals surface area contributed by atoms with Gasteiger partial charge in [0.2, 0.25) is 0 Å². The van der Waals surface area contributed by atoms with E-state index in [4.69, 9.17) is 23.2 Å². The normalized spacial score (nSPS) is 55.3. The van der Waals surface area contributed by atoms with Gasteiger partial charge in [0, 0.05) is 17.8 Å². The van der Waals surface area contributed by atoms with Crippen LogP contribution < -0.4 is 42.5 Å². The van der Waals surface area contributed by atoms with Gasteiger partial charge in [-0.05, 0) is 68.1 Å². The molecule has 0 aromatic rings. The minimum absolute atomic E-state index is 0. The van der Waals surface area contributed by atoms with Gasteiger partial charge in [0.1, 0.15) is 10.1 Å². The van der Waals surface area contributed by atoms with Gasteiger partial charge in [0.15, 0.2) is 0 Å². The summed E-state index contributed by atoms with van der Waals surface area (Å²) in [6, 6.07) is 0. The van der Waals surface area contributed by atoms with Crippen LogP contribution in [-0.4, -0.2) is 119 Å². The maximum absolute atomic E-state index is 13.1. The third-order valence-corrected chi connectivity index (χ3v) is 18.7. The third kappa shape index (κ3) is 6.88. The predicted octanol–water partition coefficient (Wildman–Crippen LogP) is -1.97. The Balaban J connectivity index is 0.00000400. The molecule has 1 radical (unpaired) electrons. The van der Waals surface area contributed by atoms with E-state index in [2.05, 4.69) is 42.5 Å². The number of aliphatic hydroxyl groups excluding tert-OH is 2. The standard InChI is InChI=1S/C32H54Cl2N8O8S2.Co/c33-16-10-9-15-17(20(16)34)30-40-29(15)38-27-12-6-2-1-5-11(12)25(36-27)35-26-13-7-3-4-8-14(13)28(37-26)39-32-19-18(31(41-30)42-32)21(43)22(44)24(52(48,49)50)23(19)51(45,46)47;/h11-32,35-44H,1-10H2,(H,45,46,47)(H,48,49,50);/q;+2/p-2. The molecular formula is C32H52Cl2CoN8O8S2. The molecule has 16 nitrogen and oxygen atoms in total. The van der Waals surface area contributed by atoms with Crippen LogP contribution in [0.3, 0.4) is 0 Å². The van der Waals surface area contributed by atoms with Crippen molar-refractivity contribution in [3.8, 4) is 0 Å². The molecule has 0 amide bonds. The fraction of sp³-hybridized carbons (Fsp3) is 1.00. The van der Waals surface area contributed by atoms with E-state index in [0.717, 1.165) is 51.4 Å². The Labute approximate surface area is 331 Å². The summed E-state index contributed by atoms with van der Waals surface area (Å²) in [7, 11) is -11.1. The molecule has 4 saturated carbocycles. The molecule has 53 heavy (non-hydrogen) atoms. The van der Waals surface area contributed by atoms with Gasteiger partial charge in [0.25, 0.3) is 0 Å². The summed E-state index contributed by atoms with van der Waals surface area (Å²) in [5.41, 5.74) is 0. The van der Waals surface area contributed by atoms with E-state index < -0.39 is 78.7 Å². The van der Waals surface area contributed by atoms with Crippen molar-refractivity contribution in [2.24, 2.45) is 47.3 Å². The molecule has 5 saturated heterocycles. The van der Waals surface area contributed by atoms with Crippen LogP contribution in [0.5, 0.6) is 0 Å². The minimum atomic E-state index is -5.55. The van der Waals surface area contributed by atoms with Gasteiger partial charge in [-0.15, -0.1) is 23.2 Å². The average molecular weight is 871 g/mol. The summed E-state index contributed by atoms with van der Waals surface area (Å²) in [6.45, 7) is 0. The van der Waals surface area contributed by atoms with E-state index in [-0.39, 0.29) is 76.7 Å². The molecule has 5 heterocycles. The molecule has 10 N–H and O–H groups in total. The van der Waals surface area contributed by atoms with E-state index in [1.54, 1.807) is 0 Å². The van der Waals surface area contributed by atoms with Crippen LogP contribution in [0.4, 0.5) is 0 Å². The molecule has 9 rings (SSSR count).